The van der Waals surface area contributed by atoms with E-state index < -0.39 is 0 Å². The molecule has 0 fully saturated rings. The van der Waals surface area contributed by atoms with Gasteiger partial charge < -0.3 is 23.9 Å². The van der Waals surface area contributed by atoms with Crippen LogP contribution in [0.4, 0.5) is 5.69 Å². The van der Waals surface area contributed by atoms with Crippen molar-refractivity contribution in [2.24, 2.45) is 0 Å². The van der Waals surface area contributed by atoms with Gasteiger partial charge in [0.1, 0.15) is 23.1 Å². The number of hydrogen-bond donors (Lipinski definition) is 1. The number of carbonyl (C=O) groups excluding carboxylic acids is 1. The first-order valence-electron chi connectivity index (χ1n) is 11.0. The first-order chi connectivity index (χ1) is 17.3. The lowest BCUT2D eigenvalue weighted by Gasteiger charge is -2.11. The van der Waals surface area contributed by atoms with E-state index in [4.69, 9.17) is 41.8 Å². The topological polar surface area (TPSA) is 87.8 Å². The number of carbonyl (C=O) groups is 1. The molecule has 2 heterocycles. The number of rotatable bonds is 9. The SMILES string of the molecule is COc1ccc(Cn2nc(C)c(NC(=O)c3ccc(COc4cccc(Cl)c4Cl)o3)c2C)cc1OC. The van der Waals surface area contributed by atoms with E-state index in [-0.39, 0.29) is 18.3 Å². The number of benzene rings is 2. The predicted molar refractivity (Wildman–Crippen MR) is 138 cm³/mol. The van der Waals surface area contributed by atoms with Gasteiger partial charge in [0, 0.05) is 0 Å². The van der Waals surface area contributed by atoms with Crippen LogP contribution < -0.4 is 19.5 Å². The Morgan fingerprint density at radius 1 is 1.03 bits per heavy atom. The maximum absolute atomic E-state index is 12.9. The lowest BCUT2D eigenvalue weighted by molar-refractivity contribution is 0.0992. The number of hydrogen-bond acceptors (Lipinski definition) is 6. The first-order valence-corrected chi connectivity index (χ1v) is 11.8. The number of ether oxygens (including phenoxy) is 3. The molecule has 0 saturated carbocycles. The van der Waals surface area contributed by atoms with Crippen molar-refractivity contribution in [2.45, 2.75) is 27.0 Å². The molecule has 0 bridgehead atoms. The smallest absolute Gasteiger partial charge is 0.291 e. The highest BCUT2D eigenvalue weighted by Gasteiger charge is 2.18. The Labute approximate surface area is 218 Å². The Hall–Kier alpha value is -3.62. The lowest BCUT2D eigenvalue weighted by atomic mass is 10.2. The standard InChI is InChI=1S/C26H25Cl2N3O5/c1-15-25(16(2)31(30-15)13-17-8-10-20(33-3)23(12-17)34-4)29-26(32)22-11-9-18(36-22)14-35-21-7-5-6-19(27)24(21)28/h5-12H,13-14H2,1-4H3,(H,29,32). The number of nitrogens with one attached hydrogen (secondary N) is 1. The number of halogens is 2. The van der Waals surface area contributed by atoms with E-state index in [2.05, 4.69) is 10.4 Å². The molecule has 2 aromatic heterocycles. The number of methoxy groups -OCH3 is 2. The van der Waals surface area contributed by atoms with Gasteiger partial charge in [0.25, 0.3) is 5.91 Å². The number of aryl methyl sites for hydroxylation is 1. The summed E-state index contributed by atoms with van der Waals surface area (Å²) in [4.78, 5) is 12.9. The molecular weight excluding hydrogens is 505 g/mol. The van der Waals surface area contributed by atoms with Crippen LogP contribution in [0, 0.1) is 13.8 Å². The number of furan rings is 1. The van der Waals surface area contributed by atoms with Gasteiger partial charge in [0.15, 0.2) is 17.3 Å². The maximum atomic E-state index is 12.9. The summed E-state index contributed by atoms with van der Waals surface area (Å²) in [7, 11) is 3.19. The molecule has 0 saturated heterocycles. The molecule has 36 heavy (non-hydrogen) atoms. The second-order valence-corrected chi connectivity index (χ2v) is 8.74. The van der Waals surface area contributed by atoms with Gasteiger partial charge in [-0.3, -0.25) is 9.48 Å². The molecule has 0 radical (unpaired) electrons. The summed E-state index contributed by atoms with van der Waals surface area (Å²) < 4.78 is 23.9. The monoisotopic (exact) mass is 529 g/mol. The Morgan fingerprint density at radius 3 is 2.56 bits per heavy atom. The predicted octanol–water partition coefficient (Wildman–Crippen LogP) is 6.30. The first kappa shape index (κ1) is 25.5. The Bertz CT molecular complexity index is 1400. The Kier molecular flexibility index (Phi) is 7.76. The molecule has 1 amide bonds. The molecule has 8 nitrogen and oxygen atoms in total. The number of anilines is 1. The van der Waals surface area contributed by atoms with E-state index in [0.29, 0.717) is 51.0 Å². The van der Waals surface area contributed by atoms with Crippen molar-refractivity contribution in [2.75, 3.05) is 19.5 Å². The minimum Gasteiger partial charge on any atom is -0.493 e. The Morgan fingerprint density at radius 2 is 1.81 bits per heavy atom. The van der Waals surface area contributed by atoms with Crippen molar-refractivity contribution in [3.05, 3.63) is 87.0 Å². The molecule has 0 atom stereocenters. The summed E-state index contributed by atoms with van der Waals surface area (Å²) >= 11 is 12.2. The molecule has 10 heteroatoms. The van der Waals surface area contributed by atoms with Crippen molar-refractivity contribution in [1.82, 2.24) is 9.78 Å². The third-order valence-electron chi connectivity index (χ3n) is 5.57. The zero-order chi connectivity index (χ0) is 25.8. The number of nitrogens with zero attached hydrogens (tertiary/aromatic N) is 2. The van der Waals surface area contributed by atoms with E-state index in [1.54, 1.807) is 44.6 Å². The average Bonchev–Trinajstić information content (AvgIpc) is 3.45. The van der Waals surface area contributed by atoms with Gasteiger partial charge >= 0.3 is 0 Å². The molecule has 4 rings (SSSR count). The van der Waals surface area contributed by atoms with Crippen LogP contribution in [0.25, 0.3) is 0 Å². The summed E-state index contributed by atoms with van der Waals surface area (Å²) in [5.74, 6) is 1.95. The molecule has 188 valence electrons. The molecule has 0 spiro atoms. The van der Waals surface area contributed by atoms with Crippen LogP contribution in [-0.4, -0.2) is 29.9 Å². The quantitative estimate of drug-likeness (QED) is 0.274. The van der Waals surface area contributed by atoms with Gasteiger partial charge in [-0.1, -0.05) is 35.3 Å². The second kappa shape index (κ2) is 11.0. The van der Waals surface area contributed by atoms with E-state index in [1.807, 2.05) is 36.7 Å². The fourth-order valence-corrected chi connectivity index (χ4v) is 4.03. The lowest BCUT2D eigenvalue weighted by Crippen LogP contribution is -2.12. The fourth-order valence-electron chi connectivity index (χ4n) is 3.68. The van der Waals surface area contributed by atoms with E-state index in [0.717, 1.165) is 11.3 Å². The van der Waals surface area contributed by atoms with Crippen LogP contribution in [0.1, 0.15) is 33.3 Å². The van der Waals surface area contributed by atoms with Crippen LogP contribution in [0.5, 0.6) is 17.2 Å². The van der Waals surface area contributed by atoms with Crippen molar-refractivity contribution in [3.63, 3.8) is 0 Å². The highest BCUT2D eigenvalue weighted by molar-refractivity contribution is 6.42. The fraction of sp³-hybridized carbons (Fsp3) is 0.231. The maximum Gasteiger partial charge on any atom is 0.291 e. The van der Waals surface area contributed by atoms with Crippen LogP contribution >= 0.6 is 23.2 Å². The average molecular weight is 530 g/mol. The van der Waals surface area contributed by atoms with E-state index >= 15 is 0 Å². The summed E-state index contributed by atoms with van der Waals surface area (Å²) in [6.07, 6.45) is 0. The molecule has 0 aliphatic rings. The van der Waals surface area contributed by atoms with Gasteiger partial charge in [0.2, 0.25) is 0 Å². The van der Waals surface area contributed by atoms with Crippen LogP contribution in [0.2, 0.25) is 10.0 Å². The van der Waals surface area contributed by atoms with Gasteiger partial charge in [-0.2, -0.15) is 5.10 Å². The zero-order valence-electron chi connectivity index (χ0n) is 20.2. The summed E-state index contributed by atoms with van der Waals surface area (Å²) in [6, 6.07) is 14.1. The van der Waals surface area contributed by atoms with Crippen molar-refractivity contribution < 1.29 is 23.4 Å². The van der Waals surface area contributed by atoms with E-state index in [1.165, 1.54) is 0 Å². The number of aromatic nitrogens is 2. The molecule has 1 N–H and O–H groups in total. The summed E-state index contributed by atoms with van der Waals surface area (Å²) in [6.45, 7) is 4.32. The molecule has 0 aliphatic heterocycles. The third-order valence-corrected chi connectivity index (χ3v) is 6.37. The molecule has 0 aliphatic carbocycles. The summed E-state index contributed by atoms with van der Waals surface area (Å²) in [5, 5.41) is 8.21. The third kappa shape index (κ3) is 5.45. The van der Waals surface area contributed by atoms with E-state index in [9.17, 15) is 4.79 Å². The largest absolute Gasteiger partial charge is 0.493 e. The van der Waals surface area contributed by atoms with Gasteiger partial charge in [0.05, 0.1) is 42.9 Å². The minimum absolute atomic E-state index is 0.0919. The Balaban J connectivity index is 1.43. The zero-order valence-corrected chi connectivity index (χ0v) is 21.7. The molecule has 2 aromatic carbocycles. The van der Waals surface area contributed by atoms with Crippen LogP contribution in [0.15, 0.2) is 52.9 Å². The minimum atomic E-state index is -0.390. The van der Waals surface area contributed by atoms with Gasteiger partial charge in [-0.15, -0.1) is 0 Å². The molecule has 0 unspecified atom stereocenters. The van der Waals surface area contributed by atoms with Crippen molar-refractivity contribution in [3.8, 4) is 17.2 Å². The van der Waals surface area contributed by atoms with Crippen LogP contribution in [-0.2, 0) is 13.2 Å². The molecular formula is C26H25Cl2N3O5. The second-order valence-electron chi connectivity index (χ2n) is 7.95. The highest BCUT2D eigenvalue weighted by atomic mass is 35.5. The normalized spacial score (nSPS) is 10.8. The van der Waals surface area contributed by atoms with Crippen molar-refractivity contribution >= 4 is 34.8 Å². The molecule has 4 aromatic rings. The van der Waals surface area contributed by atoms with Crippen LogP contribution in [0.3, 0.4) is 0 Å². The highest BCUT2D eigenvalue weighted by Crippen LogP contribution is 2.32. The van der Waals surface area contributed by atoms with Gasteiger partial charge in [-0.25, -0.2) is 0 Å². The van der Waals surface area contributed by atoms with Crippen molar-refractivity contribution in [1.29, 1.82) is 0 Å². The van der Waals surface area contributed by atoms with Gasteiger partial charge in [-0.05, 0) is 55.8 Å². The summed E-state index contributed by atoms with van der Waals surface area (Å²) in [5.41, 5.74) is 3.10. The number of amides is 1.